The Morgan fingerprint density at radius 3 is 2.12 bits per heavy atom. The summed E-state index contributed by atoms with van der Waals surface area (Å²) < 4.78 is 0. The quantitative estimate of drug-likeness (QED) is 0.635. The minimum Gasteiger partial charge on any atom is -0.347 e. The second-order valence-corrected chi connectivity index (χ2v) is 6.92. The average molecular weight is 351 g/mol. The number of hydrogen-bond donors (Lipinski definition) is 1. The number of fused-ring (bicyclic) bond motifs is 1. The summed E-state index contributed by atoms with van der Waals surface area (Å²) in [5, 5.41) is 3.11. The Kier molecular flexibility index (Phi) is 6.76. The predicted octanol–water partition coefficient (Wildman–Crippen LogP) is 4.80. The van der Waals surface area contributed by atoms with Gasteiger partial charge in [0.25, 0.3) is 0 Å². The molecule has 0 saturated heterocycles. The summed E-state index contributed by atoms with van der Waals surface area (Å²) in [6.07, 6.45) is 1.77. The molecule has 3 rings (SSSR count). The molecule has 3 nitrogen and oxygen atoms in total. The SMILES string of the molecule is CCNCC.CN1C(=CC(=O)c2ccccc2)C(C)(C)c2ccccc21. The fourth-order valence-electron chi connectivity index (χ4n) is 3.32. The van der Waals surface area contributed by atoms with E-state index in [4.69, 9.17) is 0 Å². The molecule has 0 radical (unpaired) electrons. The molecule has 0 amide bonds. The van der Waals surface area contributed by atoms with Crippen LogP contribution in [0.5, 0.6) is 0 Å². The van der Waals surface area contributed by atoms with Crippen molar-refractivity contribution in [2.24, 2.45) is 0 Å². The van der Waals surface area contributed by atoms with E-state index in [2.05, 4.69) is 56.1 Å². The maximum absolute atomic E-state index is 12.5. The van der Waals surface area contributed by atoms with Gasteiger partial charge in [-0.05, 0) is 24.7 Å². The molecule has 3 heteroatoms. The summed E-state index contributed by atoms with van der Waals surface area (Å²) >= 11 is 0. The third kappa shape index (κ3) is 4.23. The van der Waals surface area contributed by atoms with Crippen molar-refractivity contribution in [1.82, 2.24) is 5.32 Å². The molecule has 0 atom stereocenters. The Morgan fingerprint density at radius 1 is 1.00 bits per heavy atom. The molecule has 0 fully saturated rings. The molecule has 1 N–H and O–H groups in total. The van der Waals surface area contributed by atoms with Gasteiger partial charge in [0.05, 0.1) is 0 Å². The molecule has 0 unspecified atom stereocenters. The summed E-state index contributed by atoms with van der Waals surface area (Å²) in [5.74, 6) is 0.0540. The molecule has 1 aliphatic heterocycles. The van der Waals surface area contributed by atoms with Gasteiger partial charge >= 0.3 is 0 Å². The van der Waals surface area contributed by atoms with Crippen LogP contribution in [0.1, 0.15) is 43.6 Å². The van der Waals surface area contributed by atoms with Crippen LogP contribution < -0.4 is 10.2 Å². The Balaban J connectivity index is 0.000000431. The van der Waals surface area contributed by atoms with Crippen molar-refractivity contribution in [3.8, 4) is 0 Å². The van der Waals surface area contributed by atoms with E-state index in [1.807, 2.05) is 43.4 Å². The Bertz CT molecular complexity index is 761. The number of para-hydroxylation sites is 1. The summed E-state index contributed by atoms with van der Waals surface area (Å²) in [6.45, 7) is 10.7. The van der Waals surface area contributed by atoms with Crippen molar-refractivity contribution in [3.05, 3.63) is 77.5 Å². The zero-order valence-electron chi connectivity index (χ0n) is 16.5. The molecule has 1 heterocycles. The Morgan fingerprint density at radius 2 is 1.58 bits per heavy atom. The molecule has 0 bridgehead atoms. The highest BCUT2D eigenvalue weighted by Crippen LogP contribution is 2.46. The first-order valence-corrected chi connectivity index (χ1v) is 9.29. The number of hydrogen-bond acceptors (Lipinski definition) is 3. The largest absolute Gasteiger partial charge is 0.347 e. The predicted molar refractivity (Wildman–Crippen MR) is 111 cm³/mol. The van der Waals surface area contributed by atoms with Crippen molar-refractivity contribution in [3.63, 3.8) is 0 Å². The number of benzene rings is 2. The third-order valence-corrected chi connectivity index (χ3v) is 4.77. The zero-order valence-corrected chi connectivity index (χ0v) is 16.5. The van der Waals surface area contributed by atoms with E-state index in [1.54, 1.807) is 6.08 Å². The lowest BCUT2D eigenvalue weighted by molar-refractivity contribution is 0.104. The Hall–Kier alpha value is -2.39. The minimum atomic E-state index is -0.157. The van der Waals surface area contributed by atoms with Gasteiger partial charge in [-0.2, -0.15) is 0 Å². The molecule has 0 spiro atoms. The zero-order chi connectivity index (χ0) is 19.2. The molecule has 0 aromatic heterocycles. The van der Waals surface area contributed by atoms with Gasteiger partial charge in [0, 0.05) is 35.5 Å². The second kappa shape index (κ2) is 8.81. The number of rotatable bonds is 4. The van der Waals surface area contributed by atoms with E-state index in [0.29, 0.717) is 0 Å². The van der Waals surface area contributed by atoms with Crippen LogP contribution >= 0.6 is 0 Å². The summed E-state index contributed by atoms with van der Waals surface area (Å²) in [7, 11) is 2.03. The van der Waals surface area contributed by atoms with E-state index in [-0.39, 0.29) is 11.2 Å². The van der Waals surface area contributed by atoms with Crippen LogP contribution in [-0.4, -0.2) is 25.9 Å². The van der Waals surface area contributed by atoms with Gasteiger partial charge in [-0.1, -0.05) is 76.2 Å². The van der Waals surface area contributed by atoms with Gasteiger partial charge < -0.3 is 10.2 Å². The smallest absolute Gasteiger partial charge is 0.187 e. The fourth-order valence-corrected chi connectivity index (χ4v) is 3.32. The minimum absolute atomic E-state index is 0.0540. The maximum atomic E-state index is 12.5. The van der Waals surface area contributed by atoms with Crippen LogP contribution in [0.2, 0.25) is 0 Å². The van der Waals surface area contributed by atoms with Crippen molar-refractivity contribution in [1.29, 1.82) is 0 Å². The lowest BCUT2D eigenvalue weighted by atomic mass is 9.83. The first kappa shape index (κ1) is 19.9. The molecular weight excluding hydrogens is 320 g/mol. The molecule has 26 heavy (non-hydrogen) atoms. The normalized spacial score (nSPS) is 16.0. The van der Waals surface area contributed by atoms with Crippen LogP contribution in [0.4, 0.5) is 5.69 Å². The Labute approximate surface area is 157 Å². The standard InChI is InChI=1S/C19H19NO.C4H11N/c1-19(2)15-11-7-8-12-16(15)20(3)18(19)13-17(21)14-9-5-4-6-10-14;1-3-5-4-2/h4-13H,1-3H3;5H,3-4H2,1-2H3. The first-order chi connectivity index (χ1) is 12.4. The van der Waals surface area contributed by atoms with Crippen LogP contribution in [0.15, 0.2) is 66.4 Å². The molecule has 2 aromatic rings. The first-order valence-electron chi connectivity index (χ1n) is 9.29. The highest BCUT2D eigenvalue weighted by Gasteiger charge is 2.38. The van der Waals surface area contributed by atoms with Gasteiger partial charge in [0.1, 0.15) is 0 Å². The van der Waals surface area contributed by atoms with Gasteiger partial charge in [0.15, 0.2) is 5.78 Å². The number of allylic oxidation sites excluding steroid dienone is 2. The summed E-state index contributed by atoms with van der Waals surface area (Å²) in [5.41, 5.74) is 4.05. The molecule has 0 aliphatic carbocycles. The van der Waals surface area contributed by atoms with E-state index in [1.165, 1.54) is 11.3 Å². The van der Waals surface area contributed by atoms with Crippen LogP contribution in [-0.2, 0) is 5.41 Å². The van der Waals surface area contributed by atoms with Gasteiger partial charge in [-0.25, -0.2) is 0 Å². The number of nitrogens with zero attached hydrogens (tertiary/aromatic N) is 1. The third-order valence-electron chi connectivity index (χ3n) is 4.77. The topological polar surface area (TPSA) is 32.3 Å². The monoisotopic (exact) mass is 350 g/mol. The number of carbonyl (C=O) groups excluding carboxylic acids is 1. The van der Waals surface area contributed by atoms with Crippen molar-refractivity contribution >= 4 is 11.5 Å². The van der Waals surface area contributed by atoms with Crippen LogP contribution in [0.3, 0.4) is 0 Å². The summed E-state index contributed by atoms with van der Waals surface area (Å²) in [4.78, 5) is 14.6. The van der Waals surface area contributed by atoms with E-state index in [9.17, 15) is 4.79 Å². The van der Waals surface area contributed by atoms with Crippen LogP contribution in [0, 0.1) is 0 Å². The highest BCUT2D eigenvalue weighted by atomic mass is 16.1. The number of nitrogens with one attached hydrogen (secondary N) is 1. The van der Waals surface area contributed by atoms with E-state index in [0.717, 1.165) is 24.4 Å². The number of anilines is 1. The lowest BCUT2D eigenvalue weighted by Crippen LogP contribution is -2.24. The van der Waals surface area contributed by atoms with Gasteiger partial charge in [0.2, 0.25) is 0 Å². The molecule has 1 aliphatic rings. The molecule has 2 aromatic carbocycles. The van der Waals surface area contributed by atoms with Crippen molar-refractivity contribution < 1.29 is 4.79 Å². The number of carbonyl (C=O) groups is 1. The molecule has 0 saturated carbocycles. The summed E-state index contributed by atoms with van der Waals surface area (Å²) in [6, 6.07) is 17.7. The highest BCUT2D eigenvalue weighted by molar-refractivity contribution is 6.05. The van der Waals surface area contributed by atoms with Crippen molar-refractivity contribution in [2.75, 3.05) is 25.0 Å². The van der Waals surface area contributed by atoms with Gasteiger partial charge in [-0.15, -0.1) is 0 Å². The maximum Gasteiger partial charge on any atom is 0.187 e. The van der Waals surface area contributed by atoms with Gasteiger partial charge in [-0.3, -0.25) is 4.79 Å². The second-order valence-electron chi connectivity index (χ2n) is 6.92. The fraction of sp³-hybridized carbons (Fsp3) is 0.348. The number of likely N-dealkylation sites (N-methyl/N-ethyl adjacent to an activating group) is 1. The molecule has 138 valence electrons. The lowest BCUT2D eigenvalue weighted by Gasteiger charge is -2.23. The van der Waals surface area contributed by atoms with E-state index < -0.39 is 0 Å². The van der Waals surface area contributed by atoms with Crippen LogP contribution in [0.25, 0.3) is 0 Å². The molecular formula is C23H30N2O. The van der Waals surface area contributed by atoms with Crippen molar-refractivity contribution in [2.45, 2.75) is 33.1 Å². The number of ketones is 1. The average Bonchev–Trinajstić information content (AvgIpc) is 2.85. The van der Waals surface area contributed by atoms with E-state index >= 15 is 0 Å².